The van der Waals surface area contributed by atoms with Gasteiger partial charge in [0.2, 0.25) is 0 Å². The van der Waals surface area contributed by atoms with Gasteiger partial charge in [0, 0.05) is 43.5 Å². The maximum absolute atomic E-state index is 6.66. The van der Waals surface area contributed by atoms with Gasteiger partial charge in [-0.05, 0) is 24.3 Å². The summed E-state index contributed by atoms with van der Waals surface area (Å²) in [4.78, 5) is 0. The number of hydrogen-bond donors (Lipinski definition) is 0. The summed E-state index contributed by atoms with van der Waals surface area (Å²) in [5.74, 6) is 7.81. The van der Waals surface area contributed by atoms with Crippen LogP contribution in [0.5, 0.6) is 0 Å². The number of nitrogens with zero attached hydrogens (tertiary/aromatic N) is 2. The van der Waals surface area contributed by atoms with Gasteiger partial charge < -0.3 is 8.98 Å². The SMILES string of the molecule is [CH2-]c1ccc2c(oc3c(-c4ccccc4)cccc32)c1-c1cc(C2CCCCC2)cc[n+]1[CH2-].[CH2-]c1ccccc1-c1cc[c]([Ge]([CH3])([CH3])[CH3])c[n+]1[CH2-].[Ir]. The molecule has 3 heterocycles. The maximum Gasteiger partial charge on any atom is 0 e. The molecule has 0 atom stereocenters. The van der Waals surface area contributed by atoms with E-state index in [1.165, 1.54) is 42.1 Å². The molecule has 1 aliphatic rings. The van der Waals surface area contributed by atoms with E-state index in [4.69, 9.17) is 4.42 Å². The summed E-state index contributed by atoms with van der Waals surface area (Å²) in [5.41, 5.74) is 11.9. The largest absolute Gasteiger partial charge is 0 e. The van der Waals surface area contributed by atoms with E-state index < -0.39 is 13.3 Å². The summed E-state index contributed by atoms with van der Waals surface area (Å²) >= 11 is -1.78. The number of rotatable bonds is 5. The Hall–Kier alpha value is -4.35. The average Bonchev–Trinajstić information content (AvgIpc) is 3.52. The predicted molar refractivity (Wildman–Crippen MR) is 216 cm³/mol. The fourth-order valence-electron chi connectivity index (χ4n) is 7.48. The molecular weight excluding hydrogens is 873 g/mol. The molecule has 1 saturated carbocycles. The zero-order chi connectivity index (χ0) is 35.7. The van der Waals surface area contributed by atoms with E-state index in [9.17, 15) is 0 Å². The first kappa shape index (κ1) is 37.4. The van der Waals surface area contributed by atoms with E-state index in [1.807, 2.05) is 33.4 Å². The van der Waals surface area contributed by atoms with Crippen molar-refractivity contribution in [1.29, 1.82) is 0 Å². The van der Waals surface area contributed by atoms with E-state index >= 15 is 0 Å². The molecule has 52 heavy (non-hydrogen) atoms. The van der Waals surface area contributed by atoms with Crippen LogP contribution in [0.2, 0.25) is 17.3 Å². The van der Waals surface area contributed by atoms with Crippen LogP contribution in [-0.2, 0) is 20.1 Å². The maximum atomic E-state index is 6.66. The molecule has 8 rings (SSSR count). The molecule has 7 aromatic rings. The Morgan fingerprint density at radius 2 is 1.33 bits per heavy atom. The number of benzene rings is 4. The van der Waals surface area contributed by atoms with Gasteiger partial charge >= 0.3 is 113 Å². The molecule has 5 heteroatoms. The Bertz CT molecular complexity index is 2330. The second-order valence-corrected chi connectivity index (χ2v) is 25.6. The van der Waals surface area contributed by atoms with Crippen LogP contribution in [-0.4, -0.2) is 13.3 Å². The van der Waals surface area contributed by atoms with Gasteiger partial charge in [0.25, 0.3) is 0 Å². The summed E-state index contributed by atoms with van der Waals surface area (Å²) in [6, 6.07) is 38.2. The minimum Gasteiger partial charge on any atom is 0 e. The van der Waals surface area contributed by atoms with Crippen LogP contribution in [0.15, 0.2) is 126 Å². The van der Waals surface area contributed by atoms with Gasteiger partial charge in [0.15, 0.2) is 0 Å². The van der Waals surface area contributed by atoms with Gasteiger partial charge in [-0.1, -0.05) is 91.1 Å². The van der Waals surface area contributed by atoms with Crippen LogP contribution >= 0.6 is 0 Å². The second kappa shape index (κ2) is 15.7. The molecule has 1 fully saturated rings. The van der Waals surface area contributed by atoms with Crippen molar-refractivity contribution >= 4 is 39.6 Å². The first-order valence-corrected chi connectivity index (χ1v) is 25.5. The summed E-state index contributed by atoms with van der Waals surface area (Å²) in [6.07, 6.45) is 10.8. The van der Waals surface area contributed by atoms with E-state index in [-0.39, 0.29) is 20.1 Å². The number of para-hydroxylation sites is 1. The molecule has 0 unspecified atom stereocenters. The smallest absolute Gasteiger partial charge is 0 e. The minimum atomic E-state index is -1.78. The van der Waals surface area contributed by atoms with Crippen LogP contribution in [0.25, 0.3) is 55.6 Å². The van der Waals surface area contributed by atoms with Crippen molar-refractivity contribution in [2.75, 3.05) is 0 Å². The van der Waals surface area contributed by atoms with Gasteiger partial charge in [-0.25, -0.2) is 0 Å². The molecular formula is C47H48GeIrN2O-2. The molecule has 3 aromatic heterocycles. The zero-order valence-corrected chi connectivity index (χ0v) is 35.1. The molecule has 0 amide bonds. The predicted octanol–water partition coefficient (Wildman–Crippen LogP) is 11.1. The first-order valence-electron chi connectivity index (χ1n) is 18.1. The van der Waals surface area contributed by atoms with E-state index in [1.54, 1.807) is 0 Å². The third-order valence-corrected chi connectivity index (χ3v) is 14.7. The quantitative estimate of drug-likeness (QED) is 0.0957. The van der Waals surface area contributed by atoms with Crippen LogP contribution in [0.4, 0.5) is 0 Å². The van der Waals surface area contributed by atoms with E-state index in [0.29, 0.717) is 5.92 Å². The molecule has 267 valence electrons. The Morgan fingerprint density at radius 1 is 0.635 bits per heavy atom. The molecule has 1 aliphatic carbocycles. The number of furan rings is 1. The number of fused-ring (bicyclic) bond motifs is 3. The fourth-order valence-corrected chi connectivity index (χ4v) is 9.85. The molecule has 4 aromatic carbocycles. The summed E-state index contributed by atoms with van der Waals surface area (Å²) in [7, 11) is 8.43. The van der Waals surface area contributed by atoms with E-state index in [0.717, 1.165) is 66.7 Å². The molecule has 0 saturated heterocycles. The van der Waals surface area contributed by atoms with Crippen LogP contribution in [0.1, 0.15) is 54.7 Å². The Kier molecular flexibility index (Phi) is 11.3. The Morgan fingerprint density at radius 3 is 2.04 bits per heavy atom. The first-order chi connectivity index (χ1) is 24.6. The van der Waals surface area contributed by atoms with Crippen LogP contribution in [0, 0.1) is 27.9 Å². The summed E-state index contributed by atoms with van der Waals surface area (Å²) < 4.78 is 12.1. The Balaban J connectivity index is 0.000000208. The third-order valence-electron chi connectivity index (χ3n) is 10.4. The van der Waals surface area contributed by atoms with Gasteiger partial charge in [-0.2, -0.15) is 18.6 Å². The molecule has 0 aliphatic heterocycles. The van der Waals surface area contributed by atoms with Crippen LogP contribution < -0.4 is 13.5 Å². The molecule has 0 N–H and O–H groups in total. The third kappa shape index (κ3) is 7.57. The summed E-state index contributed by atoms with van der Waals surface area (Å²) in [6.45, 7) is 8.46. The van der Waals surface area contributed by atoms with Crippen molar-refractivity contribution < 1.29 is 33.7 Å². The van der Waals surface area contributed by atoms with Crippen molar-refractivity contribution in [1.82, 2.24) is 0 Å². The molecule has 0 spiro atoms. The molecule has 0 bridgehead atoms. The van der Waals surface area contributed by atoms with Gasteiger partial charge in [-0.3, -0.25) is 0 Å². The number of hydrogen-bond acceptors (Lipinski definition) is 1. The van der Waals surface area contributed by atoms with Crippen molar-refractivity contribution in [3.63, 3.8) is 0 Å². The van der Waals surface area contributed by atoms with Crippen molar-refractivity contribution in [3.8, 4) is 33.6 Å². The fraction of sp³-hybridized carbons (Fsp3) is 0.191. The number of aromatic nitrogens is 2. The van der Waals surface area contributed by atoms with Crippen molar-refractivity contribution in [2.45, 2.75) is 55.3 Å². The van der Waals surface area contributed by atoms with Gasteiger partial charge in [0.1, 0.15) is 5.58 Å². The summed E-state index contributed by atoms with van der Waals surface area (Å²) in [5, 5.41) is 2.25. The monoisotopic (exact) mass is 923 g/mol. The molecule has 3 nitrogen and oxygen atoms in total. The average molecular weight is 922 g/mol. The molecule has 1 radical (unpaired) electrons. The zero-order valence-electron chi connectivity index (χ0n) is 30.6. The number of pyridine rings is 2. The van der Waals surface area contributed by atoms with Crippen molar-refractivity contribution in [2.24, 2.45) is 0 Å². The van der Waals surface area contributed by atoms with Gasteiger partial charge in [-0.15, -0.1) is 6.07 Å². The normalized spacial score (nSPS) is 13.4. The van der Waals surface area contributed by atoms with Gasteiger partial charge in [0.05, 0.1) is 17.5 Å². The van der Waals surface area contributed by atoms with Crippen LogP contribution in [0.3, 0.4) is 0 Å². The van der Waals surface area contributed by atoms with E-state index in [2.05, 4.69) is 143 Å². The second-order valence-electron chi connectivity index (χ2n) is 15.0. The standard InChI is InChI=1S/C31H28NO.C16H20GeN.Ir/c1-21-16-17-27-26-15-9-14-25(23-12-7-4-8-13-23)30(26)33-31(27)29(21)28-20-24(18-19-32(28)2)22-10-5-3-6-11-22;1-13-8-6-7-9-15(13)16-11-10-14(12-18(16)5)17(2,3)4;/h4,7-9,12-20,22H,1-3,5-6,10-11H2;6-12H,1,5H2,2-4H3;/q2*-1;. The Labute approximate surface area is 326 Å². The topological polar surface area (TPSA) is 20.9 Å². The minimum absolute atomic E-state index is 0. The van der Waals surface area contributed by atoms with Crippen molar-refractivity contribution in [3.05, 3.63) is 166 Å².